The van der Waals surface area contributed by atoms with E-state index in [0.29, 0.717) is 12.2 Å². The Bertz CT molecular complexity index is 1210. The number of hydrogen-bond acceptors (Lipinski definition) is 5. The maximum atomic E-state index is 12.3. The van der Waals surface area contributed by atoms with Gasteiger partial charge in [-0.2, -0.15) is 0 Å². The molecular weight excluding hydrogens is 410 g/mol. The van der Waals surface area contributed by atoms with Crippen LogP contribution < -0.4 is 5.32 Å². The molecule has 0 amide bonds. The van der Waals surface area contributed by atoms with Crippen molar-refractivity contribution in [2.45, 2.75) is 12.5 Å². The van der Waals surface area contributed by atoms with Crippen LogP contribution >= 0.6 is 0 Å². The number of anilines is 1. The Kier molecular flexibility index (Phi) is 7.23. The van der Waals surface area contributed by atoms with E-state index in [4.69, 9.17) is 4.74 Å². The number of rotatable bonds is 8. The fourth-order valence-corrected chi connectivity index (χ4v) is 3.48. The minimum Gasteiger partial charge on any atom is -0.467 e. The zero-order valence-electron chi connectivity index (χ0n) is 18.4. The number of nitrogens with one attached hydrogen (secondary N) is 1. The molecule has 5 nitrogen and oxygen atoms in total. The molecule has 1 atom stereocenters. The van der Waals surface area contributed by atoms with Crippen LogP contribution in [0.5, 0.6) is 0 Å². The van der Waals surface area contributed by atoms with Crippen LogP contribution in [0.2, 0.25) is 0 Å². The summed E-state index contributed by atoms with van der Waals surface area (Å²) >= 11 is 0. The van der Waals surface area contributed by atoms with Gasteiger partial charge in [0.1, 0.15) is 18.2 Å². The van der Waals surface area contributed by atoms with Crippen LogP contribution in [-0.4, -0.2) is 29.1 Å². The van der Waals surface area contributed by atoms with E-state index < -0.39 is 6.04 Å². The summed E-state index contributed by atoms with van der Waals surface area (Å²) in [6, 6.07) is 29.5. The van der Waals surface area contributed by atoms with Gasteiger partial charge < -0.3 is 10.1 Å². The predicted octanol–water partition coefficient (Wildman–Crippen LogP) is 5.51. The van der Waals surface area contributed by atoms with Gasteiger partial charge in [-0.25, -0.2) is 14.8 Å². The van der Waals surface area contributed by atoms with Crippen LogP contribution in [-0.2, 0) is 16.0 Å². The van der Waals surface area contributed by atoms with Crippen LogP contribution in [0.4, 0.5) is 5.82 Å². The molecule has 0 saturated carbocycles. The lowest BCUT2D eigenvalue weighted by Gasteiger charge is -2.17. The number of ether oxygens (including phenoxy) is 1. The highest BCUT2D eigenvalue weighted by Crippen LogP contribution is 2.21. The lowest BCUT2D eigenvalue weighted by atomic mass is 10.1. The number of hydrogen-bond donors (Lipinski definition) is 1. The molecule has 0 radical (unpaired) electrons. The Labute approximate surface area is 193 Å². The largest absolute Gasteiger partial charge is 0.467 e. The Morgan fingerprint density at radius 2 is 1.52 bits per heavy atom. The molecule has 5 heteroatoms. The third kappa shape index (κ3) is 6.14. The highest BCUT2D eigenvalue weighted by molar-refractivity contribution is 5.79. The summed E-state index contributed by atoms with van der Waals surface area (Å²) in [5.74, 6) is 0.230. The molecule has 0 aliphatic rings. The molecule has 3 aromatic carbocycles. The number of carbonyl (C=O) groups is 1. The first kappa shape index (κ1) is 22.0. The van der Waals surface area contributed by atoms with E-state index in [1.54, 1.807) is 0 Å². The average molecular weight is 436 g/mol. The lowest BCUT2D eigenvalue weighted by molar-refractivity contribution is -0.141. The van der Waals surface area contributed by atoms with Crippen LogP contribution in [0.25, 0.3) is 23.4 Å². The summed E-state index contributed by atoms with van der Waals surface area (Å²) in [5, 5.41) is 3.20. The first-order valence-electron chi connectivity index (χ1n) is 10.8. The second-order valence-electron chi connectivity index (χ2n) is 7.56. The van der Waals surface area contributed by atoms with Crippen molar-refractivity contribution in [3.63, 3.8) is 0 Å². The summed E-state index contributed by atoms with van der Waals surface area (Å²) in [6.07, 6.45) is 6.16. The molecule has 0 fully saturated rings. The standard InChI is InChI=1S/C28H25N3O2/c1-33-28(32)26(18-23-10-6-3-7-11-23)31-27-19-25(29-20-30-27)24-16-14-22(15-17-24)13-12-21-8-4-2-5-9-21/h2-17,19-20,26H,18H2,1H3,(H,29,30,31)/b13-12+. The van der Waals surface area contributed by atoms with Gasteiger partial charge >= 0.3 is 5.97 Å². The Hall–Kier alpha value is -4.25. The van der Waals surface area contributed by atoms with E-state index in [1.165, 1.54) is 13.4 Å². The molecule has 0 spiro atoms. The smallest absolute Gasteiger partial charge is 0.328 e. The van der Waals surface area contributed by atoms with Crippen molar-refractivity contribution in [1.82, 2.24) is 9.97 Å². The van der Waals surface area contributed by atoms with Gasteiger partial charge in [-0.1, -0.05) is 97.1 Å². The summed E-state index contributed by atoms with van der Waals surface area (Å²) in [7, 11) is 1.39. The molecule has 164 valence electrons. The monoisotopic (exact) mass is 435 g/mol. The van der Waals surface area contributed by atoms with Gasteiger partial charge in [-0.3, -0.25) is 0 Å². The van der Waals surface area contributed by atoms with Gasteiger partial charge in [0, 0.05) is 18.1 Å². The molecule has 1 aromatic heterocycles. The molecule has 0 saturated heterocycles. The molecular formula is C28H25N3O2. The van der Waals surface area contributed by atoms with E-state index in [2.05, 4.69) is 51.7 Å². The topological polar surface area (TPSA) is 64.1 Å². The van der Waals surface area contributed by atoms with Gasteiger partial charge in [-0.05, 0) is 16.7 Å². The highest BCUT2D eigenvalue weighted by atomic mass is 16.5. The van der Waals surface area contributed by atoms with Crippen molar-refractivity contribution in [2.24, 2.45) is 0 Å². The summed E-state index contributed by atoms with van der Waals surface area (Å²) in [4.78, 5) is 21.0. The molecule has 1 N–H and O–H groups in total. The number of benzene rings is 3. The predicted molar refractivity (Wildman–Crippen MR) is 132 cm³/mol. The number of esters is 1. The summed E-state index contributed by atoms with van der Waals surface area (Å²) < 4.78 is 4.99. The van der Waals surface area contributed by atoms with Crippen molar-refractivity contribution in [3.8, 4) is 11.3 Å². The molecule has 4 rings (SSSR count). The first-order chi connectivity index (χ1) is 16.2. The van der Waals surface area contributed by atoms with Gasteiger partial charge in [0.2, 0.25) is 0 Å². The normalized spacial score (nSPS) is 11.8. The quantitative estimate of drug-likeness (QED) is 0.292. The molecule has 1 heterocycles. The Balaban J connectivity index is 1.48. The van der Waals surface area contributed by atoms with Crippen molar-refractivity contribution in [3.05, 3.63) is 114 Å². The van der Waals surface area contributed by atoms with Crippen molar-refractivity contribution >= 4 is 23.9 Å². The van der Waals surface area contributed by atoms with Crippen LogP contribution in [0.1, 0.15) is 16.7 Å². The average Bonchev–Trinajstić information content (AvgIpc) is 2.88. The maximum absolute atomic E-state index is 12.3. The second-order valence-corrected chi connectivity index (χ2v) is 7.56. The maximum Gasteiger partial charge on any atom is 0.328 e. The fourth-order valence-electron chi connectivity index (χ4n) is 3.48. The molecule has 1 unspecified atom stereocenters. The first-order valence-corrected chi connectivity index (χ1v) is 10.8. The molecule has 0 bridgehead atoms. The van der Waals surface area contributed by atoms with E-state index in [-0.39, 0.29) is 5.97 Å². The van der Waals surface area contributed by atoms with E-state index in [9.17, 15) is 4.79 Å². The third-order valence-electron chi connectivity index (χ3n) is 5.23. The van der Waals surface area contributed by atoms with Crippen molar-refractivity contribution in [1.29, 1.82) is 0 Å². The van der Waals surface area contributed by atoms with Crippen molar-refractivity contribution in [2.75, 3.05) is 12.4 Å². The number of methoxy groups -OCH3 is 1. The van der Waals surface area contributed by atoms with E-state index in [1.807, 2.05) is 66.7 Å². The van der Waals surface area contributed by atoms with Crippen LogP contribution in [0.15, 0.2) is 97.3 Å². The zero-order chi connectivity index (χ0) is 22.9. The summed E-state index contributed by atoms with van der Waals surface area (Å²) in [5.41, 5.74) is 5.03. The van der Waals surface area contributed by atoms with Gasteiger partial charge in [0.25, 0.3) is 0 Å². The number of nitrogens with zero attached hydrogens (tertiary/aromatic N) is 2. The summed E-state index contributed by atoms with van der Waals surface area (Å²) in [6.45, 7) is 0. The van der Waals surface area contributed by atoms with Crippen molar-refractivity contribution < 1.29 is 9.53 Å². The van der Waals surface area contributed by atoms with Gasteiger partial charge in [-0.15, -0.1) is 0 Å². The Morgan fingerprint density at radius 3 is 2.18 bits per heavy atom. The number of aromatic nitrogens is 2. The molecule has 33 heavy (non-hydrogen) atoms. The van der Waals surface area contributed by atoms with E-state index in [0.717, 1.165) is 27.9 Å². The van der Waals surface area contributed by atoms with E-state index >= 15 is 0 Å². The zero-order valence-corrected chi connectivity index (χ0v) is 18.4. The van der Waals surface area contributed by atoms with Gasteiger partial charge in [0.15, 0.2) is 0 Å². The number of carbonyl (C=O) groups excluding carboxylic acids is 1. The highest BCUT2D eigenvalue weighted by Gasteiger charge is 2.20. The third-order valence-corrected chi connectivity index (χ3v) is 5.23. The SMILES string of the molecule is COC(=O)C(Cc1ccccc1)Nc1cc(-c2ccc(/C=C/c3ccccc3)cc2)ncn1. The molecule has 0 aliphatic heterocycles. The molecule has 0 aliphatic carbocycles. The second kappa shape index (κ2) is 10.9. The lowest BCUT2D eigenvalue weighted by Crippen LogP contribution is -2.33. The van der Waals surface area contributed by atoms with Crippen LogP contribution in [0, 0.1) is 0 Å². The minimum absolute atomic E-state index is 0.339. The molecule has 4 aromatic rings. The fraction of sp³-hybridized carbons (Fsp3) is 0.107. The van der Waals surface area contributed by atoms with Crippen LogP contribution in [0.3, 0.4) is 0 Å². The van der Waals surface area contributed by atoms with Gasteiger partial charge in [0.05, 0.1) is 12.8 Å². The minimum atomic E-state index is -0.550. The Morgan fingerprint density at radius 1 is 0.879 bits per heavy atom.